The zero-order valence-electron chi connectivity index (χ0n) is 13.6. The number of carbonyl (C=O) groups excluding carboxylic acids is 1. The third kappa shape index (κ3) is 5.05. The number of benzene rings is 1. The van der Waals surface area contributed by atoms with Crippen LogP contribution in [0.15, 0.2) is 24.3 Å². The van der Waals surface area contributed by atoms with E-state index >= 15 is 0 Å². The molecular formula is C15H15ClF3N3O2S. The first-order valence-electron chi connectivity index (χ1n) is 7.10. The van der Waals surface area contributed by atoms with Crippen molar-refractivity contribution in [2.24, 2.45) is 0 Å². The Morgan fingerprint density at radius 1 is 1.28 bits per heavy atom. The van der Waals surface area contributed by atoms with E-state index in [1.807, 2.05) is 20.8 Å². The van der Waals surface area contributed by atoms with Gasteiger partial charge in [0, 0.05) is 16.2 Å². The van der Waals surface area contributed by atoms with E-state index in [1.165, 1.54) is 4.90 Å². The van der Waals surface area contributed by atoms with Crippen molar-refractivity contribution in [3.05, 3.63) is 34.3 Å². The maximum absolute atomic E-state index is 12.6. The highest BCUT2D eigenvalue weighted by atomic mass is 35.5. The van der Waals surface area contributed by atoms with Crippen molar-refractivity contribution in [3.8, 4) is 5.19 Å². The van der Waals surface area contributed by atoms with Crippen LogP contribution < -0.4 is 9.64 Å². The Labute approximate surface area is 151 Å². The number of hydrogen-bond donors (Lipinski definition) is 0. The van der Waals surface area contributed by atoms with E-state index in [1.54, 1.807) is 24.3 Å². The first-order valence-corrected chi connectivity index (χ1v) is 8.30. The number of nitrogens with zero attached hydrogens (tertiary/aromatic N) is 3. The third-order valence-electron chi connectivity index (χ3n) is 2.95. The van der Waals surface area contributed by atoms with E-state index < -0.39 is 29.2 Å². The molecule has 10 heteroatoms. The lowest BCUT2D eigenvalue weighted by Crippen LogP contribution is -2.48. The number of hydrogen-bond acceptors (Lipinski definition) is 5. The molecule has 0 saturated heterocycles. The van der Waals surface area contributed by atoms with Gasteiger partial charge in [0.1, 0.15) is 0 Å². The lowest BCUT2D eigenvalue weighted by molar-refractivity contribution is -0.138. The van der Waals surface area contributed by atoms with Crippen molar-refractivity contribution >= 4 is 34.5 Å². The van der Waals surface area contributed by atoms with E-state index in [0.29, 0.717) is 10.7 Å². The molecule has 0 unspecified atom stereocenters. The highest BCUT2D eigenvalue weighted by Gasteiger charge is 2.36. The summed E-state index contributed by atoms with van der Waals surface area (Å²) in [6.07, 6.45) is -4.60. The van der Waals surface area contributed by atoms with E-state index in [4.69, 9.17) is 16.3 Å². The maximum Gasteiger partial charge on any atom is 0.445 e. The van der Waals surface area contributed by atoms with E-state index in [-0.39, 0.29) is 16.5 Å². The second kappa shape index (κ2) is 7.17. The second-order valence-electron chi connectivity index (χ2n) is 6.04. The number of rotatable bonds is 4. The summed E-state index contributed by atoms with van der Waals surface area (Å²) >= 11 is 6.21. The topological polar surface area (TPSA) is 55.3 Å². The molecule has 0 bridgehead atoms. The minimum absolute atomic E-state index is 0.238. The molecule has 1 heterocycles. The quantitative estimate of drug-likeness (QED) is 0.771. The van der Waals surface area contributed by atoms with E-state index in [0.717, 1.165) is 0 Å². The molecule has 1 aromatic carbocycles. The van der Waals surface area contributed by atoms with Gasteiger partial charge in [-0.15, -0.1) is 5.10 Å². The molecule has 0 radical (unpaired) electrons. The maximum atomic E-state index is 12.6. The van der Waals surface area contributed by atoms with E-state index in [2.05, 4.69) is 10.2 Å². The summed E-state index contributed by atoms with van der Waals surface area (Å²) in [4.78, 5) is 14.0. The van der Waals surface area contributed by atoms with Gasteiger partial charge in [-0.3, -0.25) is 4.79 Å². The number of carbonyl (C=O) groups is 1. The third-order valence-corrected chi connectivity index (χ3v) is 4.07. The SMILES string of the molecule is CC(C)(C)N(C(=O)COc1nnc(C(F)(F)F)s1)c1cccc(Cl)c1. The van der Waals surface area contributed by atoms with Crippen LogP contribution in [0.1, 0.15) is 25.8 Å². The Balaban J connectivity index is 2.14. The fourth-order valence-corrected chi connectivity index (χ4v) is 2.84. The Kier molecular flexibility index (Phi) is 5.58. The van der Waals surface area contributed by atoms with Crippen LogP contribution in [0.3, 0.4) is 0 Å². The van der Waals surface area contributed by atoms with Gasteiger partial charge in [0.2, 0.25) is 5.01 Å². The van der Waals surface area contributed by atoms with Gasteiger partial charge in [0.05, 0.1) is 0 Å². The standard InChI is InChI=1S/C15H15ClF3N3O2S/c1-14(2,3)22(10-6-4-5-9(16)7-10)11(23)8-24-13-21-20-12(25-13)15(17,18)19/h4-7H,8H2,1-3H3. The molecule has 0 spiro atoms. The summed E-state index contributed by atoms with van der Waals surface area (Å²) in [5.74, 6) is -0.446. The van der Waals surface area contributed by atoms with Gasteiger partial charge in [-0.2, -0.15) is 13.2 Å². The predicted octanol–water partition coefficient (Wildman–Crippen LogP) is 4.42. The lowest BCUT2D eigenvalue weighted by atomic mass is 10.0. The van der Waals surface area contributed by atoms with Gasteiger partial charge in [0.15, 0.2) is 6.61 Å². The van der Waals surface area contributed by atoms with Crippen molar-refractivity contribution in [3.63, 3.8) is 0 Å². The molecule has 136 valence electrons. The van der Waals surface area contributed by atoms with Crippen molar-refractivity contribution in [2.75, 3.05) is 11.5 Å². The Morgan fingerprint density at radius 2 is 1.96 bits per heavy atom. The van der Waals surface area contributed by atoms with Crippen LogP contribution in [0.2, 0.25) is 5.02 Å². The molecule has 1 aromatic heterocycles. The van der Waals surface area contributed by atoms with Crippen molar-refractivity contribution in [1.29, 1.82) is 0 Å². The van der Waals surface area contributed by atoms with Crippen molar-refractivity contribution in [2.45, 2.75) is 32.5 Å². The lowest BCUT2D eigenvalue weighted by Gasteiger charge is -2.35. The van der Waals surface area contributed by atoms with Crippen molar-refractivity contribution < 1.29 is 22.7 Å². The number of anilines is 1. The smallest absolute Gasteiger partial charge is 0.445 e. The van der Waals surface area contributed by atoms with Crippen LogP contribution in [0, 0.1) is 0 Å². The predicted molar refractivity (Wildman–Crippen MR) is 89.1 cm³/mol. The molecule has 2 aromatic rings. The molecule has 0 N–H and O–H groups in total. The van der Waals surface area contributed by atoms with Crippen LogP contribution in [0.25, 0.3) is 0 Å². The molecule has 5 nitrogen and oxygen atoms in total. The zero-order valence-corrected chi connectivity index (χ0v) is 15.2. The summed E-state index contributed by atoms with van der Waals surface area (Å²) in [5.41, 5.74) is -0.0366. The van der Waals surface area contributed by atoms with Gasteiger partial charge < -0.3 is 9.64 Å². The second-order valence-corrected chi connectivity index (χ2v) is 7.42. The molecule has 1 amide bonds. The molecule has 0 aliphatic carbocycles. The summed E-state index contributed by atoms with van der Waals surface area (Å²) in [6.45, 7) is 4.98. The van der Waals surface area contributed by atoms with Crippen LogP contribution in [-0.2, 0) is 11.0 Å². The average molecular weight is 394 g/mol. The largest absolute Gasteiger partial charge is 0.459 e. The Bertz CT molecular complexity index is 759. The molecular weight excluding hydrogens is 379 g/mol. The van der Waals surface area contributed by atoms with Gasteiger partial charge in [-0.1, -0.05) is 34.1 Å². The number of amides is 1. The first-order chi connectivity index (χ1) is 11.5. The summed E-state index contributed by atoms with van der Waals surface area (Å²) in [6, 6.07) is 6.71. The Hall–Kier alpha value is -1.87. The van der Waals surface area contributed by atoms with Crippen LogP contribution in [0.5, 0.6) is 5.19 Å². The average Bonchev–Trinajstić information content (AvgIpc) is 2.92. The molecule has 25 heavy (non-hydrogen) atoms. The summed E-state index contributed by atoms with van der Waals surface area (Å²) < 4.78 is 42.6. The molecule has 0 aliphatic rings. The van der Waals surface area contributed by atoms with E-state index in [9.17, 15) is 18.0 Å². The number of alkyl halides is 3. The normalized spacial score (nSPS) is 12.1. The molecule has 0 aliphatic heterocycles. The van der Waals surface area contributed by atoms with Gasteiger partial charge >= 0.3 is 6.18 Å². The number of ether oxygens (including phenoxy) is 1. The van der Waals surface area contributed by atoms with Gasteiger partial charge in [-0.05, 0) is 39.0 Å². The minimum Gasteiger partial charge on any atom is -0.459 e. The monoisotopic (exact) mass is 393 g/mol. The summed E-state index contributed by atoms with van der Waals surface area (Å²) in [7, 11) is 0. The first kappa shape index (κ1) is 19.5. The van der Waals surface area contributed by atoms with Crippen molar-refractivity contribution in [1.82, 2.24) is 10.2 Å². The van der Waals surface area contributed by atoms with Crippen LogP contribution in [0.4, 0.5) is 18.9 Å². The van der Waals surface area contributed by atoms with Crippen LogP contribution >= 0.6 is 22.9 Å². The van der Waals surface area contributed by atoms with Gasteiger partial charge in [-0.25, -0.2) is 0 Å². The minimum atomic E-state index is -4.60. The van der Waals surface area contributed by atoms with Crippen LogP contribution in [-0.4, -0.2) is 28.3 Å². The highest BCUT2D eigenvalue weighted by Crippen LogP contribution is 2.34. The highest BCUT2D eigenvalue weighted by molar-refractivity contribution is 7.13. The molecule has 0 atom stereocenters. The molecule has 0 saturated carbocycles. The van der Waals surface area contributed by atoms with Gasteiger partial charge in [0.25, 0.3) is 11.1 Å². The molecule has 2 rings (SSSR count). The number of aromatic nitrogens is 2. The molecule has 0 fully saturated rings. The summed E-state index contributed by atoms with van der Waals surface area (Å²) in [5, 5.41) is 5.31. The number of halogens is 4. The zero-order chi connectivity index (χ0) is 18.8. The Morgan fingerprint density at radius 3 is 2.48 bits per heavy atom. The fourth-order valence-electron chi connectivity index (χ4n) is 2.09. The fraction of sp³-hybridized carbons (Fsp3) is 0.400.